The van der Waals surface area contributed by atoms with Crippen LogP contribution in [0.15, 0.2) is 0 Å². The molecule has 0 bridgehead atoms. The van der Waals surface area contributed by atoms with Crippen LogP contribution < -0.4 is 0 Å². The van der Waals surface area contributed by atoms with E-state index in [1.165, 1.54) is 45.1 Å². The van der Waals surface area contributed by atoms with Gasteiger partial charge in [-0.15, -0.1) is 0 Å². The molecule has 0 amide bonds. The maximum atomic E-state index is 2.92. The predicted octanol–water partition coefficient (Wildman–Crippen LogP) is 3.44. The molecule has 86 valence electrons. The normalized spacial score (nSPS) is 48.2. The number of hydrogen-bond acceptors (Lipinski definition) is 1. The molecule has 0 aromatic rings. The summed E-state index contributed by atoms with van der Waals surface area (Å²) in [5.74, 6) is 1.06. The second-order valence-corrected chi connectivity index (χ2v) is 7.01. The summed E-state index contributed by atoms with van der Waals surface area (Å²) in [6, 6.07) is 0.965. The minimum Gasteiger partial charge on any atom is -0.294 e. The van der Waals surface area contributed by atoms with Gasteiger partial charge in [0.25, 0.3) is 0 Å². The Kier molecular flexibility index (Phi) is 2.03. The average molecular weight is 207 g/mol. The largest absolute Gasteiger partial charge is 0.294 e. The fraction of sp³-hybridized carbons (Fsp3) is 1.00. The molecule has 3 rings (SSSR count). The number of hydrogen-bond donors (Lipinski definition) is 0. The van der Waals surface area contributed by atoms with E-state index in [2.05, 4.69) is 25.7 Å². The van der Waals surface area contributed by atoms with Gasteiger partial charge in [0.2, 0.25) is 0 Å². The van der Waals surface area contributed by atoms with Crippen LogP contribution in [0.5, 0.6) is 0 Å². The summed E-state index contributed by atoms with van der Waals surface area (Å²) >= 11 is 0. The first-order valence-electron chi connectivity index (χ1n) is 6.83. The van der Waals surface area contributed by atoms with Crippen LogP contribution >= 0.6 is 0 Å². The molecule has 2 heterocycles. The molecule has 2 aliphatic heterocycles. The molecule has 2 saturated heterocycles. The van der Waals surface area contributed by atoms with Crippen molar-refractivity contribution in [3.05, 3.63) is 0 Å². The standard InChI is InChI=1S/C14H25N/c1-4-14-8-11-6-5-7-12(11)15(14)10-13(2,3)9-14/h11-12H,4-10H2,1-3H3. The minimum atomic E-state index is 0.573. The Morgan fingerprint density at radius 2 is 2.07 bits per heavy atom. The van der Waals surface area contributed by atoms with Gasteiger partial charge in [-0.05, 0) is 43.4 Å². The second kappa shape index (κ2) is 3.00. The molecule has 0 N–H and O–H groups in total. The third-order valence-corrected chi connectivity index (χ3v) is 5.33. The first-order valence-corrected chi connectivity index (χ1v) is 6.83. The first kappa shape index (κ1) is 10.1. The van der Waals surface area contributed by atoms with Crippen LogP contribution in [-0.4, -0.2) is 23.0 Å². The van der Waals surface area contributed by atoms with Crippen molar-refractivity contribution >= 4 is 0 Å². The maximum absolute atomic E-state index is 2.92. The molecule has 1 nitrogen and oxygen atoms in total. The highest BCUT2D eigenvalue weighted by Crippen LogP contribution is 2.56. The Morgan fingerprint density at radius 3 is 2.80 bits per heavy atom. The van der Waals surface area contributed by atoms with Gasteiger partial charge in [-0.1, -0.05) is 27.2 Å². The molecule has 3 atom stereocenters. The van der Waals surface area contributed by atoms with Crippen molar-refractivity contribution in [2.75, 3.05) is 6.54 Å². The van der Waals surface area contributed by atoms with Gasteiger partial charge >= 0.3 is 0 Å². The van der Waals surface area contributed by atoms with Gasteiger partial charge in [-0.2, -0.15) is 0 Å². The van der Waals surface area contributed by atoms with Crippen molar-refractivity contribution in [3.63, 3.8) is 0 Å². The first-order chi connectivity index (χ1) is 7.06. The number of fused-ring (bicyclic) bond motifs is 3. The smallest absolute Gasteiger partial charge is 0.0219 e. The summed E-state index contributed by atoms with van der Waals surface area (Å²) in [6.45, 7) is 8.71. The van der Waals surface area contributed by atoms with E-state index < -0.39 is 0 Å². The van der Waals surface area contributed by atoms with Crippen LogP contribution in [0, 0.1) is 11.3 Å². The van der Waals surface area contributed by atoms with Crippen molar-refractivity contribution in [3.8, 4) is 0 Å². The molecule has 3 unspecified atom stereocenters. The summed E-state index contributed by atoms with van der Waals surface area (Å²) in [4.78, 5) is 2.92. The van der Waals surface area contributed by atoms with Gasteiger partial charge in [-0.25, -0.2) is 0 Å². The van der Waals surface area contributed by atoms with E-state index >= 15 is 0 Å². The average Bonchev–Trinajstić information content (AvgIpc) is 2.73. The van der Waals surface area contributed by atoms with Crippen LogP contribution in [0.2, 0.25) is 0 Å². The summed E-state index contributed by atoms with van der Waals surface area (Å²) < 4.78 is 0. The molecular formula is C14H25N. The van der Waals surface area contributed by atoms with Gasteiger partial charge in [0.15, 0.2) is 0 Å². The van der Waals surface area contributed by atoms with Gasteiger partial charge < -0.3 is 0 Å². The molecule has 1 heteroatoms. The second-order valence-electron chi connectivity index (χ2n) is 7.01. The lowest BCUT2D eigenvalue weighted by molar-refractivity contribution is 0.141. The lowest BCUT2D eigenvalue weighted by atomic mass is 9.79. The lowest BCUT2D eigenvalue weighted by Gasteiger charge is -2.33. The van der Waals surface area contributed by atoms with E-state index in [4.69, 9.17) is 0 Å². The Balaban J connectivity index is 1.91. The summed E-state index contributed by atoms with van der Waals surface area (Å²) in [5.41, 5.74) is 1.18. The molecule has 0 spiro atoms. The molecular weight excluding hydrogens is 182 g/mol. The van der Waals surface area contributed by atoms with Crippen molar-refractivity contribution in [1.82, 2.24) is 4.90 Å². The maximum Gasteiger partial charge on any atom is 0.0219 e. The molecule has 0 aromatic carbocycles. The third-order valence-electron chi connectivity index (χ3n) is 5.33. The summed E-state index contributed by atoms with van der Waals surface area (Å²) in [5, 5.41) is 0. The van der Waals surface area contributed by atoms with Crippen molar-refractivity contribution < 1.29 is 0 Å². The van der Waals surface area contributed by atoms with Gasteiger partial charge in [0, 0.05) is 18.1 Å². The fourth-order valence-corrected chi connectivity index (χ4v) is 4.96. The predicted molar refractivity (Wildman–Crippen MR) is 63.9 cm³/mol. The van der Waals surface area contributed by atoms with E-state index in [9.17, 15) is 0 Å². The van der Waals surface area contributed by atoms with Crippen LogP contribution in [0.1, 0.15) is 59.3 Å². The fourth-order valence-electron chi connectivity index (χ4n) is 4.96. The quantitative estimate of drug-likeness (QED) is 0.636. The van der Waals surface area contributed by atoms with Crippen LogP contribution in [0.25, 0.3) is 0 Å². The molecule has 0 radical (unpaired) electrons. The molecule has 1 saturated carbocycles. The van der Waals surface area contributed by atoms with Gasteiger partial charge in [0.05, 0.1) is 0 Å². The lowest BCUT2D eigenvalue weighted by Crippen LogP contribution is -2.41. The Hall–Kier alpha value is -0.0400. The monoisotopic (exact) mass is 207 g/mol. The minimum absolute atomic E-state index is 0.573. The van der Waals surface area contributed by atoms with Crippen molar-refractivity contribution in [2.24, 2.45) is 11.3 Å². The van der Waals surface area contributed by atoms with E-state index in [0.717, 1.165) is 12.0 Å². The van der Waals surface area contributed by atoms with E-state index in [-0.39, 0.29) is 0 Å². The van der Waals surface area contributed by atoms with Gasteiger partial charge in [0.1, 0.15) is 0 Å². The van der Waals surface area contributed by atoms with Gasteiger partial charge in [-0.3, -0.25) is 4.90 Å². The zero-order valence-electron chi connectivity index (χ0n) is 10.6. The Morgan fingerprint density at radius 1 is 1.27 bits per heavy atom. The number of rotatable bonds is 1. The summed E-state index contributed by atoms with van der Waals surface area (Å²) in [6.07, 6.45) is 8.84. The number of nitrogens with zero attached hydrogens (tertiary/aromatic N) is 1. The SMILES string of the molecule is CCC12CC3CCCC3N1CC(C)(C)C2. The molecule has 15 heavy (non-hydrogen) atoms. The third kappa shape index (κ3) is 1.32. The topological polar surface area (TPSA) is 3.24 Å². The Bertz CT molecular complexity index is 271. The van der Waals surface area contributed by atoms with E-state index in [0.29, 0.717) is 11.0 Å². The van der Waals surface area contributed by atoms with E-state index in [1.807, 2.05) is 0 Å². The molecule has 3 fully saturated rings. The zero-order valence-corrected chi connectivity index (χ0v) is 10.6. The van der Waals surface area contributed by atoms with Crippen molar-refractivity contribution in [1.29, 1.82) is 0 Å². The van der Waals surface area contributed by atoms with Crippen molar-refractivity contribution in [2.45, 2.75) is 70.9 Å². The van der Waals surface area contributed by atoms with E-state index in [1.54, 1.807) is 0 Å². The highest BCUT2D eigenvalue weighted by atomic mass is 15.3. The molecule has 1 aliphatic carbocycles. The zero-order chi connectivity index (χ0) is 10.7. The molecule has 3 aliphatic rings. The van der Waals surface area contributed by atoms with Crippen LogP contribution in [0.3, 0.4) is 0 Å². The Labute approximate surface area is 94.2 Å². The highest BCUT2D eigenvalue weighted by Gasteiger charge is 2.58. The van der Waals surface area contributed by atoms with Crippen LogP contribution in [0.4, 0.5) is 0 Å². The summed E-state index contributed by atoms with van der Waals surface area (Å²) in [7, 11) is 0. The van der Waals surface area contributed by atoms with Crippen LogP contribution in [-0.2, 0) is 0 Å². The highest BCUT2D eigenvalue weighted by molar-refractivity contribution is 5.12. The molecule has 0 aromatic heterocycles.